The maximum atomic E-state index is 12.6. The van der Waals surface area contributed by atoms with Crippen molar-refractivity contribution in [3.63, 3.8) is 0 Å². The first-order valence-corrected chi connectivity index (χ1v) is 8.70. The van der Waals surface area contributed by atoms with Gasteiger partial charge in [0, 0.05) is 19.2 Å². The van der Waals surface area contributed by atoms with Gasteiger partial charge in [0.05, 0.1) is 11.8 Å². The van der Waals surface area contributed by atoms with Gasteiger partial charge in [-0.25, -0.2) is 9.97 Å². The van der Waals surface area contributed by atoms with Crippen molar-refractivity contribution in [3.8, 4) is 5.75 Å². The zero-order valence-electron chi connectivity index (χ0n) is 15.0. The highest BCUT2D eigenvalue weighted by atomic mass is 16.5. The van der Waals surface area contributed by atoms with E-state index in [1.54, 1.807) is 13.0 Å². The van der Waals surface area contributed by atoms with Crippen molar-refractivity contribution < 1.29 is 9.53 Å². The molecule has 6 nitrogen and oxygen atoms in total. The molecule has 1 aliphatic heterocycles. The van der Waals surface area contributed by atoms with Crippen LogP contribution in [-0.2, 0) is 0 Å². The third-order valence-electron chi connectivity index (χ3n) is 3.96. The summed E-state index contributed by atoms with van der Waals surface area (Å²) >= 11 is 0. The van der Waals surface area contributed by atoms with E-state index in [1.165, 1.54) is 0 Å². The van der Waals surface area contributed by atoms with Crippen molar-refractivity contribution in [2.75, 3.05) is 18.4 Å². The van der Waals surface area contributed by atoms with Gasteiger partial charge in [0.25, 0.3) is 5.91 Å². The van der Waals surface area contributed by atoms with Gasteiger partial charge in [-0.2, -0.15) is 0 Å². The van der Waals surface area contributed by atoms with E-state index in [-0.39, 0.29) is 12.0 Å². The number of amides is 1. The first-order chi connectivity index (χ1) is 12.0. The number of aryl methyl sites for hydroxylation is 1. The predicted molar refractivity (Wildman–Crippen MR) is 97.4 cm³/mol. The largest absolute Gasteiger partial charge is 0.489 e. The summed E-state index contributed by atoms with van der Waals surface area (Å²) in [6, 6.07) is 9.40. The minimum atomic E-state index is -0.0298. The molecule has 0 radical (unpaired) electrons. The highest BCUT2D eigenvalue weighted by Gasteiger charge is 2.21. The molecule has 1 fully saturated rings. The van der Waals surface area contributed by atoms with E-state index in [1.807, 2.05) is 43.0 Å². The summed E-state index contributed by atoms with van der Waals surface area (Å²) in [6.07, 6.45) is 2.18. The molecule has 25 heavy (non-hydrogen) atoms. The Labute approximate surface area is 148 Å². The average Bonchev–Trinajstić information content (AvgIpc) is 3.09. The van der Waals surface area contributed by atoms with Gasteiger partial charge in [-0.15, -0.1) is 0 Å². The molecule has 0 aliphatic carbocycles. The van der Waals surface area contributed by atoms with Crippen LogP contribution < -0.4 is 10.1 Å². The Morgan fingerprint density at radius 1 is 1.20 bits per heavy atom. The first-order valence-electron chi connectivity index (χ1n) is 8.70. The second kappa shape index (κ2) is 7.51. The lowest BCUT2D eigenvalue weighted by Crippen LogP contribution is -2.28. The number of likely N-dealkylation sites (tertiary alicyclic amines) is 1. The Bertz CT molecular complexity index is 755. The molecule has 0 spiro atoms. The van der Waals surface area contributed by atoms with E-state index in [0.717, 1.165) is 37.4 Å². The molecule has 0 bridgehead atoms. The number of nitrogens with one attached hydrogen (secondary N) is 1. The molecule has 0 atom stereocenters. The molecule has 6 heteroatoms. The summed E-state index contributed by atoms with van der Waals surface area (Å²) in [5, 5.41) is 3.26. The Balaban J connectivity index is 1.85. The van der Waals surface area contributed by atoms with Crippen LogP contribution in [-0.4, -0.2) is 40.0 Å². The molecule has 1 aromatic carbocycles. The quantitative estimate of drug-likeness (QED) is 0.901. The number of ether oxygens (including phenoxy) is 1. The van der Waals surface area contributed by atoms with Crippen molar-refractivity contribution in [2.45, 2.75) is 39.7 Å². The second-order valence-electron chi connectivity index (χ2n) is 6.47. The fraction of sp³-hybridized carbons (Fsp3) is 0.421. The lowest BCUT2D eigenvalue weighted by molar-refractivity contribution is 0.0786. The predicted octanol–water partition coefficient (Wildman–Crippen LogP) is 3.55. The van der Waals surface area contributed by atoms with Crippen molar-refractivity contribution in [1.29, 1.82) is 0 Å². The van der Waals surface area contributed by atoms with Crippen LogP contribution in [0.5, 0.6) is 5.75 Å². The van der Waals surface area contributed by atoms with Gasteiger partial charge in [-0.1, -0.05) is 12.1 Å². The molecule has 1 N–H and O–H groups in total. The van der Waals surface area contributed by atoms with Gasteiger partial charge in [0.15, 0.2) is 0 Å². The molecule has 1 amide bonds. The van der Waals surface area contributed by atoms with Crippen LogP contribution in [0.25, 0.3) is 0 Å². The Morgan fingerprint density at radius 3 is 2.64 bits per heavy atom. The van der Waals surface area contributed by atoms with Crippen molar-refractivity contribution in [1.82, 2.24) is 14.9 Å². The monoisotopic (exact) mass is 340 g/mol. The molecule has 132 valence electrons. The molecule has 1 aromatic heterocycles. The molecule has 2 heterocycles. The van der Waals surface area contributed by atoms with E-state index in [0.29, 0.717) is 17.3 Å². The minimum Gasteiger partial charge on any atom is -0.489 e. The molecule has 2 aromatic rings. The Kier molecular flexibility index (Phi) is 5.16. The zero-order chi connectivity index (χ0) is 17.8. The number of carbonyl (C=O) groups excluding carboxylic acids is 1. The second-order valence-corrected chi connectivity index (χ2v) is 6.47. The van der Waals surface area contributed by atoms with Crippen LogP contribution in [0.4, 0.5) is 11.5 Å². The van der Waals surface area contributed by atoms with Gasteiger partial charge in [0.2, 0.25) is 0 Å². The van der Waals surface area contributed by atoms with E-state index >= 15 is 0 Å². The lowest BCUT2D eigenvalue weighted by Gasteiger charge is -2.17. The highest BCUT2D eigenvalue weighted by Crippen LogP contribution is 2.28. The van der Waals surface area contributed by atoms with Gasteiger partial charge >= 0.3 is 0 Å². The smallest absolute Gasteiger partial charge is 0.272 e. The normalized spacial score (nSPS) is 14.0. The third kappa shape index (κ3) is 4.26. The molecule has 0 unspecified atom stereocenters. The van der Waals surface area contributed by atoms with Crippen molar-refractivity contribution in [3.05, 3.63) is 41.9 Å². The Morgan fingerprint density at radius 2 is 1.92 bits per heavy atom. The molecule has 1 saturated heterocycles. The summed E-state index contributed by atoms with van der Waals surface area (Å²) in [4.78, 5) is 23.2. The number of hydrogen-bond donors (Lipinski definition) is 1. The van der Waals surface area contributed by atoms with Crippen LogP contribution in [0.15, 0.2) is 30.3 Å². The Hall–Kier alpha value is -2.63. The van der Waals surface area contributed by atoms with E-state index in [2.05, 4.69) is 15.3 Å². The van der Waals surface area contributed by atoms with Crippen molar-refractivity contribution in [2.24, 2.45) is 0 Å². The lowest BCUT2D eigenvalue weighted by atomic mass is 10.2. The van der Waals surface area contributed by atoms with Gasteiger partial charge in [0.1, 0.15) is 23.1 Å². The number of hydrogen-bond acceptors (Lipinski definition) is 5. The summed E-state index contributed by atoms with van der Waals surface area (Å²) in [6.45, 7) is 7.37. The number of aromatic nitrogens is 2. The number of carbonyl (C=O) groups is 1. The number of benzene rings is 1. The van der Waals surface area contributed by atoms with Gasteiger partial charge in [-0.3, -0.25) is 4.79 Å². The highest BCUT2D eigenvalue weighted by molar-refractivity contribution is 5.93. The topological polar surface area (TPSA) is 67.4 Å². The average molecular weight is 340 g/mol. The first kappa shape index (κ1) is 17.2. The van der Waals surface area contributed by atoms with Crippen molar-refractivity contribution >= 4 is 17.4 Å². The molecule has 3 rings (SSSR count). The number of rotatable bonds is 5. The van der Waals surface area contributed by atoms with Crippen LogP contribution >= 0.6 is 0 Å². The maximum absolute atomic E-state index is 12.6. The van der Waals surface area contributed by atoms with E-state index < -0.39 is 0 Å². The minimum absolute atomic E-state index is 0.0298. The van der Waals surface area contributed by atoms with Crippen LogP contribution in [0.3, 0.4) is 0 Å². The molecule has 0 saturated carbocycles. The molecular formula is C19H24N4O2. The summed E-state index contributed by atoms with van der Waals surface area (Å²) < 4.78 is 5.83. The fourth-order valence-electron chi connectivity index (χ4n) is 2.89. The number of anilines is 2. The summed E-state index contributed by atoms with van der Waals surface area (Å²) in [5.74, 6) is 1.88. The number of nitrogens with zero attached hydrogens (tertiary/aromatic N) is 3. The summed E-state index contributed by atoms with van der Waals surface area (Å²) in [7, 11) is 0. The summed E-state index contributed by atoms with van der Waals surface area (Å²) in [5.41, 5.74) is 1.24. The van der Waals surface area contributed by atoms with Crippen LogP contribution in [0.2, 0.25) is 0 Å². The standard InChI is InChI=1S/C19H24N4O2/c1-13(2)25-17-9-5-4-8-15(17)22-18-12-16(20-14(3)21-18)19(24)23-10-6-7-11-23/h4-5,8-9,12-13H,6-7,10-11H2,1-3H3,(H,20,21,22). The number of para-hydroxylation sites is 2. The molecule has 1 aliphatic rings. The van der Waals surface area contributed by atoms with Gasteiger partial charge < -0.3 is 15.0 Å². The molecular weight excluding hydrogens is 316 g/mol. The maximum Gasteiger partial charge on any atom is 0.272 e. The zero-order valence-corrected chi connectivity index (χ0v) is 15.0. The van der Waals surface area contributed by atoms with E-state index in [4.69, 9.17) is 4.74 Å². The van der Waals surface area contributed by atoms with Crippen LogP contribution in [0, 0.1) is 6.92 Å². The van der Waals surface area contributed by atoms with Gasteiger partial charge in [-0.05, 0) is 45.7 Å². The third-order valence-corrected chi connectivity index (χ3v) is 3.96. The SMILES string of the molecule is Cc1nc(Nc2ccccc2OC(C)C)cc(C(=O)N2CCCC2)n1. The van der Waals surface area contributed by atoms with Crippen LogP contribution in [0.1, 0.15) is 43.0 Å². The van der Waals surface area contributed by atoms with E-state index in [9.17, 15) is 4.79 Å². The fourth-order valence-corrected chi connectivity index (χ4v) is 2.89.